The molecule has 0 saturated carbocycles. The van der Waals surface area contributed by atoms with Crippen LogP contribution < -0.4 is 0 Å². The van der Waals surface area contributed by atoms with Crippen molar-refractivity contribution in [2.45, 2.75) is 60.4 Å². The van der Waals surface area contributed by atoms with Gasteiger partial charge in [0.05, 0.1) is 0 Å². The van der Waals surface area contributed by atoms with E-state index >= 15 is 0 Å². The van der Waals surface area contributed by atoms with Crippen LogP contribution in [-0.4, -0.2) is 36.2 Å². The molecule has 0 radical (unpaired) electrons. The molecule has 0 aromatic heterocycles. The first-order chi connectivity index (χ1) is 7.61. The van der Waals surface area contributed by atoms with Crippen LogP contribution >= 0.6 is 0 Å². The van der Waals surface area contributed by atoms with Crippen molar-refractivity contribution in [3.8, 4) is 0 Å². The van der Waals surface area contributed by atoms with Gasteiger partial charge in [0.2, 0.25) is 0 Å². The molecule has 0 saturated heterocycles. The maximum Gasteiger partial charge on any atom is 0.0445 e. The summed E-state index contributed by atoms with van der Waals surface area (Å²) in [6, 6.07) is 0.514. The molecule has 0 aromatic carbocycles. The van der Waals surface area contributed by atoms with E-state index < -0.39 is 0 Å². The van der Waals surface area contributed by atoms with Crippen LogP contribution in [0.3, 0.4) is 0 Å². The van der Waals surface area contributed by atoms with Gasteiger partial charge in [0.25, 0.3) is 0 Å². The number of aliphatic hydroxyl groups is 1. The van der Waals surface area contributed by atoms with Crippen molar-refractivity contribution in [2.24, 2.45) is 5.92 Å². The van der Waals surface area contributed by atoms with Gasteiger partial charge in [0, 0.05) is 19.2 Å². The molecular weight excluding hydrogens is 210 g/mol. The van der Waals surface area contributed by atoms with Crippen molar-refractivity contribution in [1.29, 1.82) is 0 Å². The van der Waals surface area contributed by atoms with Crippen LogP contribution in [0.25, 0.3) is 0 Å². The van der Waals surface area contributed by atoms with E-state index in [1.807, 2.05) is 19.9 Å². The summed E-state index contributed by atoms with van der Waals surface area (Å²) >= 11 is 0. The van der Waals surface area contributed by atoms with Gasteiger partial charge in [-0.1, -0.05) is 41.2 Å². The number of hydrogen-bond acceptors (Lipinski definition) is 2. The molecule has 0 aliphatic carbocycles. The van der Waals surface area contributed by atoms with Gasteiger partial charge in [-0.3, -0.25) is 0 Å². The molecule has 17 heavy (non-hydrogen) atoms. The standard InChI is InChI=1S/C12H25NO.C2H6.CH4/c1-5-6-8-13(4)12(7-9-14)10-11(2)3;1-2;/h5,11-12,14H,1,6-10H2,2-4H3;1-2H3;1H4. The maximum absolute atomic E-state index is 8.98. The van der Waals surface area contributed by atoms with Gasteiger partial charge < -0.3 is 10.0 Å². The van der Waals surface area contributed by atoms with Crippen LogP contribution in [-0.2, 0) is 0 Å². The Labute approximate surface area is 110 Å². The Bertz CT molecular complexity index is 146. The molecule has 2 heteroatoms. The quantitative estimate of drug-likeness (QED) is 0.654. The van der Waals surface area contributed by atoms with Crippen LogP contribution in [0.15, 0.2) is 12.7 Å². The first kappa shape index (κ1) is 21.9. The lowest BCUT2D eigenvalue weighted by atomic mass is 10.00. The summed E-state index contributed by atoms with van der Waals surface area (Å²) in [7, 11) is 2.13. The zero-order chi connectivity index (χ0) is 13.0. The molecule has 0 spiro atoms. The van der Waals surface area contributed by atoms with E-state index in [1.54, 1.807) is 0 Å². The molecule has 106 valence electrons. The summed E-state index contributed by atoms with van der Waals surface area (Å²) in [6.45, 7) is 13.5. The van der Waals surface area contributed by atoms with Crippen molar-refractivity contribution >= 4 is 0 Å². The predicted octanol–water partition coefficient (Wildman–Crippen LogP) is 3.95. The Morgan fingerprint density at radius 1 is 1.29 bits per heavy atom. The van der Waals surface area contributed by atoms with E-state index in [9.17, 15) is 0 Å². The minimum atomic E-state index is 0. The molecule has 0 bridgehead atoms. The van der Waals surface area contributed by atoms with Crippen molar-refractivity contribution < 1.29 is 5.11 Å². The average molecular weight is 245 g/mol. The van der Waals surface area contributed by atoms with Crippen LogP contribution in [0.4, 0.5) is 0 Å². The average Bonchev–Trinajstić information content (AvgIpc) is 2.27. The number of hydrogen-bond donors (Lipinski definition) is 1. The van der Waals surface area contributed by atoms with Crippen molar-refractivity contribution in [3.63, 3.8) is 0 Å². The van der Waals surface area contributed by atoms with Gasteiger partial charge in [-0.15, -0.1) is 6.58 Å². The third-order valence-corrected chi connectivity index (χ3v) is 2.52. The van der Waals surface area contributed by atoms with Gasteiger partial charge in [-0.25, -0.2) is 0 Å². The van der Waals surface area contributed by atoms with Gasteiger partial charge in [0.1, 0.15) is 0 Å². The first-order valence-corrected chi connectivity index (χ1v) is 6.53. The van der Waals surface area contributed by atoms with Crippen molar-refractivity contribution in [3.05, 3.63) is 12.7 Å². The van der Waals surface area contributed by atoms with E-state index in [0.717, 1.165) is 25.8 Å². The third-order valence-electron chi connectivity index (χ3n) is 2.52. The highest BCUT2D eigenvalue weighted by atomic mass is 16.3. The highest BCUT2D eigenvalue weighted by molar-refractivity contribution is 4.74. The summed E-state index contributed by atoms with van der Waals surface area (Å²) < 4.78 is 0. The molecule has 1 atom stereocenters. The number of rotatable bonds is 8. The fraction of sp³-hybridized carbons (Fsp3) is 0.867. The Morgan fingerprint density at radius 2 is 1.82 bits per heavy atom. The van der Waals surface area contributed by atoms with Crippen LogP contribution in [0.1, 0.15) is 54.4 Å². The van der Waals surface area contributed by atoms with Gasteiger partial charge in [-0.2, -0.15) is 0 Å². The molecular formula is C15H35NO. The summed E-state index contributed by atoms with van der Waals surface area (Å²) in [6.07, 6.45) is 5.01. The molecule has 0 aromatic rings. The second-order valence-electron chi connectivity index (χ2n) is 4.35. The molecule has 1 unspecified atom stereocenters. The van der Waals surface area contributed by atoms with E-state index in [-0.39, 0.29) is 14.0 Å². The predicted molar refractivity (Wildman–Crippen MR) is 80.5 cm³/mol. The fourth-order valence-electron chi connectivity index (χ4n) is 1.69. The zero-order valence-corrected chi connectivity index (χ0v) is 11.9. The normalized spacial score (nSPS) is 11.5. The van der Waals surface area contributed by atoms with Crippen molar-refractivity contribution in [2.75, 3.05) is 20.2 Å². The Morgan fingerprint density at radius 3 is 2.18 bits per heavy atom. The smallest absolute Gasteiger partial charge is 0.0445 e. The van der Waals surface area contributed by atoms with Crippen molar-refractivity contribution in [1.82, 2.24) is 4.90 Å². The van der Waals surface area contributed by atoms with Gasteiger partial charge >= 0.3 is 0 Å². The molecule has 0 heterocycles. The number of aliphatic hydroxyl groups excluding tert-OH is 1. The monoisotopic (exact) mass is 245 g/mol. The molecule has 0 amide bonds. The van der Waals surface area contributed by atoms with Crippen LogP contribution in [0.2, 0.25) is 0 Å². The first-order valence-electron chi connectivity index (χ1n) is 6.53. The highest BCUT2D eigenvalue weighted by Crippen LogP contribution is 2.13. The third kappa shape index (κ3) is 13.6. The van der Waals surface area contributed by atoms with E-state index in [0.29, 0.717) is 12.0 Å². The maximum atomic E-state index is 8.98. The Balaban J connectivity index is -0.000000616. The minimum absolute atomic E-state index is 0. The van der Waals surface area contributed by atoms with E-state index in [2.05, 4.69) is 32.4 Å². The lowest BCUT2D eigenvalue weighted by molar-refractivity contribution is 0.167. The molecule has 2 nitrogen and oxygen atoms in total. The SMILES string of the molecule is C.C=CCCN(C)C(CCO)CC(C)C.CC. The number of nitrogens with zero attached hydrogens (tertiary/aromatic N) is 1. The minimum Gasteiger partial charge on any atom is -0.396 e. The lowest BCUT2D eigenvalue weighted by Gasteiger charge is -2.28. The van der Waals surface area contributed by atoms with Gasteiger partial charge in [-0.05, 0) is 32.2 Å². The summed E-state index contributed by atoms with van der Waals surface area (Å²) in [4.78, 5) is 2.33. The van der Waals surface area contributed by atoms with Crippen LogP contribution in [0, 0.1) is 5.92 Å². The highest BCUT2D eigenvalue weighted by Gasteiger charge is 2.14. The zero-order valence-electron chi connectivity index (χ0n) is 11.9. The van der Waals surface area contributed by atoms with E-state index in [4.69, 9.17) is 5.11 Å². The van der Waals surface area contributed by atoms with Crippen LogP contribution in [0.5, 0.6) is 0 Å². The topological polar surface area (TPSA) is 23.5 Å². The Hall–Kier alpha value is -0.340. The lowest BCUT2D eigenvalue weighted by Crippen LogP contribution is -2.34. The fourth-order valence-corrected chi connectivity index (χ4v) is 1.69. The summed E-state index contributed by atoms with van der Waals surface area (Å²) in [5.74, 6) is 0.692. The summed E-state index contributed by atoms with van der Waals surface area (Å²) in [5.41, 5.74) is 0. The second-order valence-corrected chi connectivity index (χ2v) is 4.35. The Kier molecular flexibility index (Phi) is 20.2. The molecule has 0 aliphatic heterocycles. The van der Waals surface area contributed by atoms with E-state index in [1.165, 1.54) is 0 Å². The molecule has 1 N–H and O–H groups in total. The molecule has 0 fully saturated rings. The van der Waals surface area contributed by atoms with Gasteiger partial charge in [0.15, 0.2) is 0 Å². The molecule has 0 rings (SSSR count). The summed E-state index contributed by atoms with van der Waals surface area (Å²) in [5, 5.41) is 8.98. The molecule has 0 aliphatic rings. The largest absolute Gasteiger partial charge is 0.396 e. The second kappa shape index (κ2) is 15.7.